The fourth-order valence-corrected chi connectivity index (χ4v) is 1.75. The lowest BCUT2D eigenvalue weighted by Crippen LogP contribution is -2.31. The van der Waals surface area contributed by atoms with E-state index in [1.54, 1.807) is 30.3 Å². The average Bonchev–Trinajstić information content (AvgIpc) is 2.87. The van der Waals surface area contributed by atoms with Gasteiger partial charge in [0.1, 0.15) is 41.1 Å². The summed E-state index contributed by atoms with van der Waals surface area (Å²) in [6, 6.07) is 8.76. The van der Waals surface area contributed by atoms with Crippen molar-refractivity contribution < 1.29 is 0 Å². The maximum Gasteiger partial charge on any atom is 0.227 e. The molecular weight excluding hydrogens is 242 g/mol. The van der Waals surface area contributed by atoms with Gasteiger partial charge < -0.3 is 0 Å². The predicted octanol–water partition coefficient (Wildman–Crippen LogP) is -0.724. The van der Waals surface area contributed by atoms with Gasteiger partial charge in [0.2, 0.25) is 6.17 Å². The number of benzene rings is 1. The largest absolute Gasteiger partial charge is 0.240 e. The fourth-order valence-electron chi connectivity index (χ4n) is 1.75. The van der Waals surface area contributed by atoms with E-state index in [9.17, 15) is 0 Å². The van der Waals surface area contributed by atoms with E-state index in [2.05, 4.69) is 9.98 Å². The highest BCUT2D eigenvalue weighted by molar-refractivity contribution is 5.61. The standard InChI is InChI=1S/C12HN7/c13-1-6-7(2-14)9(4-16)12-11(8(6)3-15)18-10(5-17)19-12/h10H. The third kappa shape index (κ3) is 1.47. The van der Waals surface area contributed by atoms with Crippen molar-refractivity contribution in [1.82, 2.24) is 0 Å². The predicted molar refractivity (Wildman–Crippen MR) is 57.0 cm³/mol. The van der Waals surface area contributed by atoms with Crippen LogP contribution in [0.25, 0.3) is 0 Å². The first-order valence-corrected chi connectivity index (χ1v) is 4.87. The Bertz CT molecular complexity index is 849. The molecule has 0 amide bonds. The molecule has 2 rings (SSSR count). The van der Waals surface area contributed by atoms with Crippen molar-refractivity contribution in [3.63, 3.8) is 0 Å². The second kappa shape index (κ2) is 4.27. The van der Waals surface area contributed by atoms with Crippen LogP contribution in [-0.2, 0) is 0 Å². The summed E-state index contributed by atoms with van der Waals surface area (Å²) >= 11 is 0. The topological polar surface area (TPSA) is 144 Å². The molecule has 7 heteroatoms. The summed E-state index contributed by atoms with van der Waals surface area (Å²) in [7, 11) is 0. The van der Waals surface area contributed by atoms with Crippen molar-refractivity contribution >= 4 is 0 Å². The van der Waals surface area contributed by atoms with Gasteiger partial charge in [-0.15, -0.1) is 0 Å². The Morgan fingerprint density at radius 1 is 0.632 bits per heavy atom. The molecule has 0 saturated heterocycles. The molecule has 1 aromatic rings. The summed E-state index contributed by atoms with van der Waals surface area (Å²) in [6.45, 7) is 0. The van der Waals surface area contributed by atoms with Crippen LogP contribution in [0.5, 0.6) is 0 Å². The molecule has 84 valence electrons. The van der Waals surface area contributed by atoms with E-state index in [0.717, 1.165) is 0 Å². The summed E-state index contributed by atoms with van der Waals surface area (Å²) in [6.07, 6.45) is -1.06. The van der Waals surface area contributed by atoms with E-state index >= 15 is 0 Å². The highest BCUT2D eigenvalue weighted by Crippen LogP contribution is 2.12. The average molecular weight is 243 g/mol. The van der Waals surface area contributed by atoms with E-state index in [1.807, 2.05) is 0 Å². The Kier molecular flexibility index (Phi) is 2.64. The first-order valence-electron chi connectivity index (χ1n) is 4.87. The van der Waals surface area contributed by atoms with E-state index < -0.39 is 6.17 Å². The van der Waals surface area contributed by atoms with Crippen molar-refractivity contribution in [2.75, 3.05) is 0 Å². The van der Waals surface area contributed by atoms with E-state index in [0.29, 0.717) is 0 Å². The van der Waals surface area contributed by atoms with Crippen molar-refractivity contribution in [3.8, 4) is 30.3 Å². The lowest BCUT2D eigenvalue weighted by Gasteiger charge is -1.99. The second-order valence-corrected chi connectivity index (χ2v) is 3.41. The van der Waals surface area contributed by atoms with Crippen LogP contribution >= 0.6 is 0 Å². The van der Waals surface area contributed by atoms with Crippen LogP contribution < -0.4 is 10.7 Å². The number of nitriles is 5. The summed E-state index contributed by atoms with van der Waals surface area (Å²) in [4.78, 5) is 7.74. The van der Waals surface area contributed by atoms with Crippen LogP contribution in [0.2, 0.25) is 0 Å². The van der Waals surface area contributed by atoms with Crippen LogP contribution in [0.3, 0.4) is 0 Å². The van der Waals surface area contributed by atoms with Gasteiger partial charge in [-0.3, -0.25) is 0 Å². The molecule has 1 heterocycles. The minimum atomic E-state index is -1.06. The molecule has 0 bridgehead atoms. The zero-order valence-electron chi connectivity index (χ0n) is 9.21. The minimum Gasteiger partial charge on any atom is -0.240 e. The van der Waals surface area contributed by atoms with E-state index in [4.69, 9.17) is 26.3 Å². The lowest BCUT2D eigenvalue weighted by atomic mass is 9.97. The molecule has 0 saturated carbocycles. The van der Waals surface area contributed by atoms with Crippen molar-refractivity contribution in [2.45, 2.75) is 6.17 Å². The molecule has 0 N–H and O–H groups in total. The summed E-state index contributed by atoms with van der Waals surface area (Å²) in [5, 5.41) is 45.1. The Balaban J connectivity index is 3.16. The maximum atomic E-state index is 9.08. The first-order chi connectivity index (χ1) is 9.21. The fraction of sp³-hybridized carbons (Fsp3) is 0.0833. The van der Waals surface area contributed by atoms with Gasteiger partial charge in [0.25, 0.3) is 0 Å². The molecule has 0 aliphatic carbocycles. The molecule has 0 fully saturated rings. The Hall–Kier alpha value is -3.73. The highest BCUT2D eigenvalue weighted by atomic mass is 15.0. The van der Waals surface area contributed by atoms with E-state index in [-0.39, 0.29) is 33.0 Å². The third-order valence-electron chi connectivity index (χ3n) is 2.51. The quantitative estimate of drug-likeness (QED) is 0.590. The number of nitrogens with zero attached hydrogens (tertiary/aromatic N) is 7. The molecule has 1 aliphatic rings. The van der Waals surface area contributed by atoms with Gasteiger partial charge in [0.15, 0.2) is 0 Å². The molecule has 7 nitrogen and oxygen atoms in total. The molecule has 0 unspecified atom stereocenters. The Morgan fingerprint density at radius 2 is 1.00 bits per heavy atom. The van der Waals surface area contributed by atoms with E-state index in [1.165, 1.54) is 0 Å². The number of hydrogen-bond acceptors (Lipinski definition) is 7. The van der Waals surface area contributed by atoms with Gasteiger partial charge in [0, 0.05) is 0 Å². The summed E-state index contributed by atoms with van der Waals surface area (Å²) < 4.78 is 0. The van der Waals surface area contributed by atoms with Crippen LogP contribution in [0.15, 0.2) is 9.98 Å². The molecular formula is C12HN7. The van der Waals surface area contributed by atoms with Gasteiger partial charge in [0.05, 0.1) is 22.3 Å². The smallest absolute Gasteiger partial charge is 0.227 e. The molecule has 19 heavy (non-hydrogen) atoms. The van der Waals surface area contributed by atoms with Crippen molar-refractivity contribution in [1.29, 1.82) is 26.3 Å². The lowest BCUT2D eigenvalue weighted by molar-refractivity contribution is 0.883. The van der Waals surface area contributed by atoms with Crippen LogP contribution in [-0.4, -0.2) is 6.17 Å². The Labute approximate surface area is 106 Å². The van der Waals surface area contributed by atoms with Gasteiger partial charge in [-0.2, -0.15) is 26.3 Å². The summed E-state index contributed by atoms with van der Waals surface area (Å²) in [5.74, 6) is 0. The molecule has 0 aromatic heterocycles. The van der Waals surface area contributed by atoms with Crippen molar-refractivity contribution in [2.24, 2.45) is 9.98 Å². The van der Waals surface area contributed by atoms with Crippen LogP contribution in [0, 0.1) is 56.7 Å². The summed E-state index contributed by atoms with van der Waals surface area (Å²) in [5.41, 5.74) is -0.681. The third-order valence-corrected chi connectivity index (χ3v) is 2.51. The zero-order valence-corrected chi connectivity index (χ0v) is 9.21. The van der Waals surface area contributed by atoms with Gasteiger partial charge >= 0.3 is 0 Å². The van der Waals surface area contributed by atoms with Gasteiger partial charge in [-0.25, -0.2) is 9.98 Å². The van der Waals surface area contributed by atoms with Crippen LogP contribution in [0.4, 0.5) is 0 Å². The van der Waals surface area contributed by atoms with Crippen molar-refractivity contribution in [3.05, 3.63) is 33.0 Å². The molecule has 0 spiro atoms. The minimum absolute atomic E-state index is 0.0288. The van der Waals surface area contributed by atoms with Gasteiger partial charge in [-0.1, -0.05) is 0 Å². The maximum absolute atomic E-state index is 9.08. The molecule has 1 aromatic carbocycles. The normalized spacial score (nSPS) is 11.5. The second-order valence-electron chi connectivity index (χ2n) is 3.41. The Morgan fingerprint density at radius 3 is 1.26 bits per heavy atom. The first kappa shape index (κ1) is 11.7. The monoisotopic (exact) mass is 243 g/mol. The number of hydrogen-bond donors (Lipinski definition) is 0. The number of rotatable bonds is 0. The molecule has 1 aliphatic heterocycles. The zero-order chi connectivity index (χ0) is 14.0. The van der Waals surface area contributed by atoms with Crippen LogP contribution in [0.1, 0.15) is 22.3 Å². The number of fused-ring (bicyclic) bond motifs is 1. The SMILES string of the molecule is N#Cc1c(C#N)c(C#N)c2c(c1C#N)=NC(C#N)N=2. The molecule has 0 radical (unpaired) electrons. The van der Waals surface area contributed by atoms with Gasteiger partial charge in [-0.05, 0) is 0 Å². The highest BCUT2D eigenvalue weighted by Gasteiger charge is 2.23. The molecule has 0 atom stereocenters.